The Bertz CT molecular complexity index is 1390. The van der Waals surface area contributed by atoms with E-state index in [0.29, 0.717) is 60.0 Å². The van der Waals surface area contributed by atoms with Gasteiger partial charge in [0, 0.05) is 49.3 Å². The zero-order valence-corrected chi connectivity index (χ0v) is 22.8. The van der Waals surface area contributed by atoms with Crippen molar-refractivity contribution in [3.63, 3.8) is 0 Å². The van der Waals surface area contributed by atoms with Gasteiger partial charge in [0.25, 0.3) is 0 Å². The molecular formula is C32H36N6O. The van der Waals surface area contributed by atoms with Gasteiger partial charge in [0.1, 0.15) is 18.0 Å². The number of carbonyl (C=O) groups excluding carboxylic acids is 1. The summed E-state index contributed by atoms with van der Waals surface area (Å²) in [6, 6.07) is 6.82. The number of nitrogens with zero attached hydrogens (tertiary/aromatic N) is 6. The summed E-state index contributed by atoms with van der Waals surface area (Å²) < 4.78 is 0. The first kappa shape index (κ1) is 25.6. The van der Waals surface area contributed by atoms with Crippen LogP contribution in [-0.2, 0) is 4.79 Å². The molecule has 0 bridgehead atoms. The van der Waals surface area contributed by atoms with E-state index < -0.39 is 0 Å². The fourth-order valence-electron chi connectivity index (χ4n) is 6.72. The summed E-state index contributed by atoms with van der Waals surface area (Å²) in [6.07, 6.45) is 13.3. The zero-order valence-electron chi connectivity index (χ0n) is 22.8. The molecule has 3 heterocycles. The minimum Gasteiger partial charge on any atom is -0.352 e. The Kier molecular flexibility index (Phi) is 6.85. The van der Waals surface area contributed by atoms with Gasteiger partial charge < -0.3 is 9.80 Å². The SMILES string of the molecule is C=Cc1cc(-c2c(C3CC3)nc(N3CCN(C(=O)CC4CCCC4)C(C4CC4)C3)c(C#N)c2C)c(C#N)cn1. The van der Waals surface area contributed by atoms with E-state index in [4.69, 9.17) is 4.98 Å². The molecule has 0 radical (unpaired) electrons. The monoisotopic (exact) mass is 520 g/mol. The fourth-order valence-corrected chi connectivity index (χ4v) is 6.72. The number of nitriles is 2. The molecule has 4 fully saturated rings. The molecule has 6 rings (SSSR count). The molecule has 1 aliphatic heterocycles. The number of aromatic nitrogens is 2. The van der Waals surface area contributed by atoms with Crippen LogP contribution in [0.3, 0.4) is 0 Å². The average Bonchev–Trinajstić information content (AvgIpc) is 3.90. The molecule has 39 heavy (non-hydrogen) atoms. The first-order valence-corrected chi connectivity index (χ1v) is 14.5. The number of piperazine rings is 1. The first-order valence-electron chi connectivity index (χ1n) is 14.5. The maximum absolute atomic E-state index is 13.4. The molecule has 4 aliphatic rings. The lowest BCUT2D eigenvalue weighted by molar-refractivity contribution is -0.135. The molecular weight excluding hydrogens is 484 g/mol. The third-order valence-electron chi connectivity index (χ3n) is 9.20. The molecule has 1 saturated heterocycles. The van der Waals surface area contributed by atoms with Gasteiger partial charge in [-0.1, -0.05) is 19.4 Å². The molecule has 2 aromatic rings. The summed E-state index contributed by atoms with van der Waals surface area (Å²) in [5.41, 5.74) is 5.24. The molecule has 7 heteroatoms. The zero-order chi connectivity index (χ0) is 27.1. The Hall–Kier alpha value is -3.71. The van der Waals surface area contributed by atoms with E-state index in [0.717, 1.165) is 47.6 Å². The first-order chi connectivity index (χ1) is 19.0. The molecule has 200 valence electrons. The maximum atomic E-state index is 13.4. The van der Waals surface area contributed by atoms with Crippen molar-refractivity contribution in [2.75, 3.05) is 24.5 Å². The highest BCUT2D eigenvalue weighted by Crippen LogP contribution is 2.47. The van der Waals surface area contributed by atoms with Crippen LogP contribution in [0.4, 0.5) is 5.82 Å². The number of hydrogen-bond acceptors (Lipinski definition) is 6. The lowest BCUT2D eigenvalue weighted by Crippen LogP contribution is -2.56. The third-order valence-corrected chi connectivity index (χ3v) is 9.20. The Morgan fingerprint density at radius 3 is 2.54 bits per heavy atom. The van der Waals surface area contributed by atoms with E-state index in [-0.39, 0.29) is 6.04 Å². The van der Waals surface area contributed by atoms with E-state index >= 15 is 0 Å². The lowest BCUT2D eigenvalue weighted by Gasteiger charge is -2.43. The standard InChI is InChI=1S/C32H36N6O/c1-3-25-15-26(24(16-33)18-35-25)30-20(2)27(17-34)32(36-31(30)23-10-11-23)37-12-13-38(28(19-37)22-8-9-22)29(39)14-21-6-4-5-7-21/h3,15,18,21-23,28H,1,4-14,19H2,2H3. The number of carbonyl (C=O) groups is 1. The van der Waals surface area contributed by atoms with Gasteiger partial charge in [-0.15, -0.1) is 0 Å². The Morgan fingerprint density at radius 2 is 1.90 bits per heavy atom. The number of hydrogen-bond donors (Lipinski definition) is 0. The molecule has 1 atom stereocenters. The molecule has 2 aromatic heterocycles. The number of rotatable bonds is 7. The van der Waals surface area contributed by atoms with Crippen LogP contribution < -0.4 is 4.90 Å². The molecule has 3 saturated carbocycles. The Morgan fingerprint density at radius 1 is 1.13 bits per heavy atom. The van der Waals surface area contributed by atoms with Crippen LogP contribution in [0.2, 0.25) is 0 Å². The summed E-state index contributed by atoms with van der Waals surface area (Å²) in [7, 11) is 0. The van der Waals surface area contributed by atoms with Crippen molar-refractivity contribution < 1.29 is 4.79 Å². The molecule has 0 spiro atoms. The smallest absolute Gasteiger partial charge is 0.223 e. The molecule has 3 aliphatic carbocycles. The lowest BCUT2D eigenvalue weighted by atomic mass is 9.91. The second-order valence-corrected chi connectivity index (χ2v) is 11.8. The fraction of sp³-hybridized carbons (Fsp3) is 0.531. The van der Waals surface area contributed by atoms with Crippen molar-refractivity contribution in [3.8, 4) is 23.3 Å². The third kappa shape index (κ3) is 4.91. The number of pyridine rings is 2. The minimum atomic E-state index is 0.186. The summed E-state index contributed by atoms with van der Waals surface area (Å²) in [5, 5.41) is 20.3. The molecule has 1 amide bonds. The van der Waals surface area contributed by atoms with Gasteiger partial charge >= 0.3 is 0 Å². The van der Waals surface area contributed by atoms with E-state index in [1.54, 1.807) is 12.3 Å². The Balaban J connectivity index is 1.36. The van der Waals surface area contributed by atoms with Gasteiger partial charge in [0.15, 0.2) is 0 Å². The van der Waals surface area contributed by atoms with Gasteiger partial charge in [-0.05, 0) is 75.0 Å². The highest BCUT2D eigenvalue weighted by molar-refractivity contribution is 5.81. The van der Waals surface area contributed by atoms with Crippen molar-refractivity contribution in [2.24, 2.45) is 11.8 Å². The van der Waals surface area contributed by atoms with Crippen molar-refractivity contribution in [1.82, 2.24) is 14.9 Å². The molecule has 7 nitrogen and oxygen atoms in total. The molecule has 1 unspecified atom stereocenters. The van der Waals surface area contributed by atoms with Crippen LogP contribution in [0, 0.1) is 41.4 Å². The largest absolute Gasteiger partial charge is 0.352 e. The minimum absolute atomic E-state index is 0.186. The van der Waals surface area contributed by atoms with Crippen LogP contribution >= 0.6 is 0 Å². The predicted molar refractivity (Wildman–Crippen MR) is 151 cm³/mol. The van der Waals surface area contributed by atoms with E-state index in [9.17, 15) is 15.3 Å². The second kappa shape index (κ2) is 10.5. The summed E-state index contributed by atoms with van der Waals surface area (Å²) >= 11 is 0. The van der Waals surface area contributed by atoms with Crippen LogP contribution in [0.25, 0.3) is 17.2 Å². The molecule has 0 aromatic carbocycles. The van der Waals surface area contributed by atoms with Crippen molar-refractivity contribution >= 4 is 17.8 Å². The van der Waals surface area contributed by atoms with Crippen LogP contribution in [-0.4, -0.2) is 46.5 Å². The van der Waals surface area contributed by atoms with Crippen LogP contribution in [0.15, 0.2) is 18.8 Å². The van der Waals surface area contributed by atoms with Gasteiger partial charge in [0.05, 0.1) is 28.6 Å². The molecule has 0 N–H and O–H groups in total. The predicted octanol–water partition coefficient (Wildman–Crippen LogP) is 5.72. The maximum Gasteiger partial charge on any atom is 0.223 e. The van der Waals surface area contributed by atoms with E-state index in [1.165, 1.54) is 38.5 Å². The summed E-state index contributed by atoms with van der Waals surface area (Å²) in [5.74, 6) is 2.47. The highest BCUT2D eigenvalue weighted by Gasteiger charge is 2.42. The van der Waals surface area contributed by atoms with Crippen LogP contribution in [0.5, 0.6) is 0 Å². The van der Waals surface area contributed by atoms with E-state index in [2.05, 4.69) is 33.5 Å². The quantitative estimate of drug-likeness (QED) is 0.463. The topological polar surface area (TPSA) is 96.9 Å². The second-order valence-electron chi connectivity index (χ2n) is 11.8. The van der Waals surface area contributed by atoms with Gasteiger partial charge in [-0.2, -0.15) is 10.5 Å². The summed E-state index contributed by atoms with van der Waals surface area (Å²) in [6.45, 7) is 7.93. The highest BCUT2D eigenvalue weighted by atomic mass is 16.2. The van der Waals surface area contributed by atoms with Crippen molar-refractivity contribution in [3.05, 3.63) is 46.9 Å². The average molecular weight is 521 g/mol. The number of amides is 1. The Labute approximate surface area is 231 Å². The number of anilines is 1. The van der Waals surface area contributed by atoms with Gasteiger partial charge in [-0.3, -0.25) is 9.78 Å². The van der Waals surface area contributed by atoms with Gasteiger partial charge in [0.2, 0.25) is 5.91 Å². The summed E-state index contributed by atoms with van der Waals surface area (Å²) in [4.78, 5) is 27.3. The van der Waals surface area contributed by atoms with Crippen molar-refractivity contribution in [2.45, 2.75) is 76.7 Å². The van der Waals surface area contributed by atoms with Crippen LogP contribution in [0.1, 0.15) is 91.8 Å². The van der Waals surface area contributed by atoms with Crippen molar-refractivity contribution in [1.29, 1.82) is 10.5 Å². The normalized spacial score (nSPS) is 21.5. The van der Waals surface area contributed by atoms with Gasteiger partial charge in [-0.25, -0.2) is 4.98 Å². The van der Waals surface area contributed by atoms with E-state index in [1.807, 2.05) is 13.0 Å².